The summed E-state index contributed by atoms with van der Waals surface area (Å²) >= 11 is 0. The zero-order valence-electron chi connectivity index (χ0n) is 16.6. The van der Waals surface area contributed by atoms with Gasteiger partial charge >= 0.3 is 0 Å². The molecule has 0 saturated carbocycles. The number of nitrogens with zero attached hydrogens (tertiary/aromatic N) is 1. The van der Waals surface area contributed by atoms with Crippen LogP contribution < -0.4 is 10.9 Å². The van der Waals surface area contributed by atoms with Gasteiger partial charge in [0, 0.05) is 24.3 Å². The molecule has 3 rings (SSSR count). The number of nitrogens with one attached hydrogen (secondary N) is 2. The van der Waals surface area contributed by atoms with Crippen LogP contribution in [-0.2, 0) is 4.74 Å². The summed E-state index contributed by atoms with van der Waals surface area (Å²) in [6.45, 7) is 4.90. The van der Waals surface area contributed by atoms with Gasteiger partial charge in [-0.2, -0.15) is 5.10 Å². The maximum atomic E-state index is 12.9. The summed E-state index contributed by atoms with van der Waals surface area (Å²) in [7, 11) is 0. The first kappa shape index (κ1) is 20.5. The van der Waals surface area contributed by atoms with E-state index in [1.54, 1.807) is 0 Å². The van der Waals surface area contributed by atoms with E-state index in [2.05, 4.69) is 15.5 Å². The van der Waals surface area contributed by atoms with E-state index < -0.39 is 11.5 Å². The third-order valence-corrected chi connectivity index (χ3v) is 4.38. The number of amides is 1. The Morgan fingerprint density at radius 3 is 2.28 bits per heavy atom. The van der Waals surface area contributed by atoms with E-state index in [1.807, 2.05) is 74.5 Å². The molecule has 0 aliphatic heterocycles. The van der Waals surface area contributed by atoms with Gasteiger partial charge in [-0.15, -0.1) is 0 Å². The molecule has 0 radical (unpaired) electrons. The Balaban J connectivity index is 1.98. The fraction of sp³-hybridized carbons (Fsp3) is 0.261. The van der Waals surface area contributed by atoms with Crippen LogP contribution in [0, 0.1) is 0 Å². The smallest absolute Gasteiger partial charge is 0.277 e. The fourth-order valence-electron chi connectivity index (χ4n) is 3.04. The van der Waals surface area contributed by atoms with Gasteiger partial charge in [0.2, 0.25) is 0 Å². The van der Waals surface area contributed by atoms with Gasteiger partial charge in [0.15, 0.2) is 0 Å². The van der Waals surface area contributed by atoms with Crippen molar-refractivity contribution in [2.75, 3.05) is 13.2 Å². The Morgan fingerprint density at radius 1 is 1.03 bits per heavy atom. The van der Waals surface area contributed by atoms with Gasteiger partial charge in [-0.05, 0) is 25.8 Å². The molecule has 29 heavy (non-hydrogen) atoms. The van der Waals surface area contributed by atoms with E-state index in [0.717, 1.165) is 11.1 Å². The van der Waals surface area contributed by atoms with E-state index >= 15 is 0 Å². The molecule has 6 nitrogen and oxygen atoms in total. The molecule has 0 bridgehead atoms. The number of carbonyl (C=O) groups is 1. The lowest BCUT2D eigenvalue weighted by Crippen LogP contribution is -2.32. The predicted molar refractivity (Wildman–Crippen MR) is 114 cm³/mol. The quantitative estimate of drug-likeness (QED) is 0.574. The summed E-state index contributed by atoms with van der Waals surface area (Å²) in [6, 6.07) is 18.9. The van der Waals surface area contributed by atoms with Crippen molar-refractivity contribution < 1.29 is 9.53 Å². The van der Waals surface area contributed by atoms with Crippen molar-refractivity contribution in [3.05, 3.63) is 76.6 Å². The zero-order valence-corrected chi connectivity index (χ0v) is 16.6. The zero-order chi connectivity index (χ0) is 20.6. The minimum absolute atomic E-state index is 0.0647. The number of carbonyl (C=O) groups excluding carboxylic acids is 1. The van der Waals surface area contributed by atoms with Crippen LogP contribution in [0.1, 0.15) is 30.6 Å². The topological polar surface area (TPSA) is 84.1 Å². The molecule has 0 aliphatic carbocycles. The van der Waals surface area contributed by atoms with Crippen molar-refractivity contribution in [3.63, 3.8) is 0 Å². The second-order valence-electron chi connectivity index (χ2n) is 6.91. The third kappa shape index (κ3) is 5.18. The number of aromatic amines is 1. The second kappa shape index (κ2) is 9.80. The highest BCUT2D eigenvalue weighted by Crippen LogP contribution is 2.31. The van der Waals surface area contributed by atoms with Gasteiger partial charge in [-0.3, -0.25) is 9.59 Å². The summed E-state index contributed by atoms with van der Waals surface area (Å²) in [5.41, 5.74) is 2.22. The number of rotatable bonds is 8. The lowest BCUT2D eigenvalue weighted by molar-refractivity contribution is 0.0757. The Hall–Kier alpha value is -3.25. The molecule has 0 spiro atoms. The van der Waals surface area contributed by atoms with E-state index in [1.165, 1.54) is 0 Å². The lowest BCUT2D eigenvalue weighted by Gasteiger charge is -2.14. The molecule has 3 aromatic rings. The van der Waals surface area contributed by atoms with Crippen LogP contribution in [0.4, 0.5) is 0 Å². The van der Waals surface area contributed by atoms with Crippen molar-refractivity contribution >= 4 is 5.91 Å². The van der Waals surface area contributed by atoms with E-state index in [-0.39, 0.29) is 11.7 Å². The number of aromatic nitrogens is 2. The molecule has 1 aromatic heterocycles. The second-order valence-corrected chi connectivity index (χ2v) is 6.91. The van der Waals surface area contributed by atoms with Gasteiger partial charge in [0.05, 0.1) is 11.8 Å². The molecule has 1 heterocycles. The van der Waals surface area contributed by atoms with Gasteiger partial charge in [0.1, 0.15) is 5.56 Å². The normalized spacial score (nSPS) is 10.9. The van der Waals surface area contributed by atoms with Crippen LogP contribution in [0.25, 0.3) is 22.4 Å². The minimum Gasteiger partial charge on any atom is -0.379 e. The van der Waals surface area contributed by atoms with Gasteiger partial charge in [0.25, 0.3) is 11.5 Å². The number of hydrogen-bond donors (Lipinski definition) is 2. The summed E-state index contributed by atoms with van der Waals surface area (Å²) in [5, 5.41) is 9.58. The van der Waals surface area contributed by atoms with Crippen LogP contribution >= 0.6 is 0 Å². The van der Waals surface area contributed by atoms with Crippen LogP contribution in [0.5, 0.6) is 0 Å². The highest BCUT2D eigenvalue weighted by atomic mass is 16.5. The SMILES string of the molecule is CC(C)OCCCNC(=O)c1c(-c2ccccc2)c(-c2ccccc2)n[nH]c1=O. The molecular weight excluding hydrogens is 366 g/mol. The molecule has 1 amide bonds. The van der Waals surface area contributed by atoms with Crippen LogP contribution in [0.15, 0.2) is 65.5 Å². The van der Waals surface area contributed by atoms with E-state index in [4.69, 9.17) is 4.74 Å². The Kier molecular flexibility index (Phi) is 6.92. The summed E-state index contributed by atoms with van der Waals surface area (Å²) in [4.78, 5) is 25.6. The summed E-state index contributed by atoms with van der Waals surface area (Å²) < 4.78 is 5.49. The van der Waals surface area contributed by atoms with E-state index in [9.17, 15) is 9.59 Å². The molecule has 0 unspecified atom stereocenters. The number of H-pyrrole nitrogens is 1. The molecule has 0 atom stereocenters. The first-order valence-corrected chi connectivity index (χ1v) is 9.71. The maximum Gasteiger partial charge on any atom is 0.277 e. The highest BCUT2D eigenvalue weighted by molar-refractivity contribution is 6.03. The van der Waals surface area contributed by atoms with Gasteiger partial charge in [-0.25, -0.2) is 5.10 Å². The average molecular weight is 391 g/mol. The molecule has 0 saturated heterocycles. The maximum absolute atomic E-state index is 12.9. The first-order chi connectivity index (χ1) is 14.1. The van der Waals surface area contributed by atoms with E-state index in [0.29, 0.717) is 30.8 Å². The number of ether oxygens (including phenoxy) is 1. The number of benzene rings is 2. The van der Waals surface area contributed by atoms with Crippen molar-refractivity contribution in [2.24, 2.45) is 0 Å². The predicted octanol–water partition coefficient (Wildman–Crippen LogP) is 3.65. The van der Waals surface area contributed by atoms with Crippen LogP contribution in [0.3, 0.4) is 0 Å². The Bertz CT molecular complexity index is 999. The van der Waals surface area contributed by atoms with Crippen molar-refractivity contribution in [1.82, 2.24) is 15.5 Å². The summed E-state index contributed by atoms with van der Waals surface area (Å²) in [6.07, 6.45) is 0.811. The Morgan fingerprint density at radius 2 is 1.66 bits per heavy atom. The number of hydrogen-bond acceptors (Lipinski definition) is 4. The Labute approximate surface area is 169 Å². The molecule has 2 N–H and O–H groups in total. The lowest BCUT2D eigenvalue weighted by atomic mass is 9.95. The molecule has 0 aliphatic rings. The minimum atomic E-state index is -0.514. The molecule has 150 valence electrons. The van der Waals surface area contributed by atoms with Gasteiger partial charge in [-0.1, -0.05) is 60.7 Å². The van der Waals surface area contributed by atoms with Gasteiger partial charge < -0.3 is 10.1 Å². The molecule has 0 fully saturated rings. The van der Waals surface area contributed by atoms with Crippen molar-refractivity contribution in [1.29, 1.82) is 0 Å². The van der Waals surface area contributed by atoms with Crippen molar-refractivity contribution in [3.8, 4) is 22.4 Å². The largest absolute Gasteiger partial charge is 0.379 e. The fourth-order valence-corrected chi connectivity index (χ4v) is 3.04. The molecular formula is C23H25N3O3. The third-order valence-electron chi connectivity index (χ3n) is 4.38. The average Bonchev–Trinajstić information content (AvgIpc) is 2.74. The standard InChI is InChI=1S/C23H25N3O3/c1-16(2)29-15-9-14-24-22(27)20-19(17-10-5-3-6-11-17)21(25-26-23(20)28)18-12-7-4-8-13-18/h3-8,10-13,16H,9,14-15H2,1-2H3,(H,24,27)(H,26,28). The monoisotopic (exact) mass is 391 g/mol. The summed E-state index contributed by atoms with van der Waals surface area (Å²) in [5.74, 6) is -0.422. The van der Waals surface area contributed by atoms with Crippen molar-refractivity contribution in [2.45, 2.75) is 26.4 Å². The molecule has 2 aromatic carbocycles. The first-order valence-electron chi connectivity index (χ1n) is 9.71. The molecule has 6 heteroatoms. The highest BCUT2D eigenvalue weighted by Gasteiger charge is 2.22. The van der Waals surface area contributed by atoms with Crippen LogP contribution in [-0.4, -0.2) is 35.4 Å². The van der Waals surface area contributed by atoms with Crippen LogP contribution in [0.2, 0.25) is 0 Å².